The number of carbonyl (C=O) groups excluding carboxylic acids is 2. The third kappa shape index (κ3) is 5.74. The number of nitrogens with zero attached hydrogens (tertiary/aromatic N) is 1. The Hall–Kier alpha value is -2.08. The maximum absolute atomic E-state index is 12.5. The standard InChI is InChI=1S/C19H27NO5/c1-5-23-17(21)15-11-16(12-15)20(18(22)25-19(2,3)4)24-13-14-9-7-6-8-10-14/h6-10,15-16H,5,11-13H2,1-4H3. The Morgan fingerprint density at radius 2 is 1.80 bits per heavy atom. The van der Waals surface area contributed by atoms with Crippen LogP contribution >= 0.6 is 0 Å². The lowest BCUT2D eigenvalue weighted by Crippen LogP contribution is -2.51. The van der Waals surface area contributed by atoms with Gasteiger partial charge >= 0.3 is 12.1 Å². The largest absolute Gasteiger partial charge is 0.466 e. The molecule has 1 aromatic rings. The summed E-state index contributed by atoms with van der Waals surface area (Å²) in [6.45, 7) is 7.83. The molecule has 138 valence electrons. The van der Waals surface area contributed by atoms with Crippen LogP contribution < -0.4 is 0 Å². The molecule has 0 heterocycles. The molecule has 0 bridgehead atoms. The Balaban J connectivity index is 1.98. The highest BCUT2D eigenvalue weighted by molar-refractivity contribution is 5.74. The molecule has 0 atom stereocenters. The van der Waals surface area contributed by atoms with Crippen LogP contribution in [0.25, 0.3) is 0 Å². The molecule has 0 unspecified atom stereocenters. The van der Waals surface area contributed by atoms with Gasteiger partial charge in [-0.2, -0.15) is 5.06 Å². The fourth-order valence-electron chi connectivity index (χ4n) is 2.56. The van der Waals surface area contributed by atoms with E-state index >= 15 is 0 Å². The highest BCUT2D eigenvalue weighted by atomic mass is 16.7. The highest BCUT2D eigenvalue weighted by Gasteiger charge is 2.43. The molecule has 1 saturated carbocycles. The van der Waals surface area contributed by atoms with E-state index in [1.54, 1.807) is 6.92 Å². The van der Waals surface area contributed by atoms with Crippen LogP contribution in [0.5, 0.6) is 0 Å². The monoisotopic (exact) mass is 349 g/mol. The van der Waals surface area contributed by atoms with Crippen LogP contribution in [0, 0.1) is 5.92 Å². The summed E-state index contributed by atoms with van der Waals surface area (Å²) >= 11 is 0. The van der Waals surface area contributed by atoms with Crippen molar-refractivity contribution in [3.8, 4) is 0 Å². The van der Waals surface area contributed by atoms with Crippen LogP contribution in [0.1, 0.15) is 46.1 Å². The molecule has 1 amide bonds. The van der Waals surface area contributed by atoms with Gasteiger partial charge in [-0.05, 0) is 46.1 Å². The predicted octanol–water partition coefficient (Wildman–Crippen LogP) is 3.70. The number of carbonyl (C=O) groups is 2. The van der Waals surface area contributed by atoms with Gasteiger partial charge in [0.15, 0.2) is 0 Å². The predicted molar refractivity (Wildman–Crippen MR) is 92.4 cm³/mol. The number of hydroxylamine groups is 2. The lowest BCUT2D eigenvalue weighted by atomic mass is 9.80. The van der Waals surface area contributed by atoms with Gasteiger partial charge in [-0.15, -0.1) is 0 Å². The molecular weight excluding hydrogens is 322 g/mol. The summed E-state index contributed by atoms with van der Waals surface area (Å²) in [4.78, 5) is 30.0. The molecule has 2 rings (SSSR count). The number of hydrogen-bond donors (Lipinski definition) is 0. The molecule has 0 spiro atoms. The number of amides is 1. The first-order valence-corrected chi connectivity index (χ1v) is 8.66. The van der Waals surface area contributed by atoms with E-state index in [-0.39, 0.29) is 24.5 Å². The van der Waals surface area contributed by atoms with Crippen LogP contribution in [0.15, 0.2) is 30.3 Å². The third-order valence-corrected chi connectivity index (χ3v) is 3.85. The first-order valence-electron chi connectivity index (χ1n) is 8.66. The summed E-state index contributed by atoms with van der Waals surface area (Å²) in [5.74, 6) is -0.402. The molecule has 0 radical (unpaired) electrons. The van der Waals surface area contributed by atoms with Crippen molar-refractivity contribution >= 4 is 12.1 Å². The average Bonchev–Trinajstić information content (AvgIpc) is 2.48. The van der Waals surface area contributed by atoms with Crippen LogP contribution in [0.3, 0.4) is 0 Å². The molecule has 0 aliphatic heterocycles. The summed E-state index contributed by atoms with van der Waals surface area (Å²) in [7, 11) is 0. The van der Waals surface area contributed by atoms with E-state index < -0.39 is 11.7 Å². The van der Waals surface area contributed by atoms with E-state index in [9.17, 15) is 9.59 Å². The fraction of sp³-hybridized carbons (Fsp3) is 0.579. The second-order valence-electron chi connectivity index (χ2n) is 7.14. The van der Waals surface area contributed by atoms with Crippen molar-refractivity contribution < 1.29 is 23.9 Å². The van der Waals surface area contributed by atoms with Crippen LogP contribution in [0.4, 0.5) is 4.79 Å². The number of benzene rings is 1. The van der Waals surface area contributed by atoms with Crippen molar-refractivity contribution in [1.82, 2.24) is 5.06 Å². The third-order valence-electron chi connectivity index (χ3n) is 3.85. The number of rotatable bonds is 6. The molecule has 1 aromatic carbocycles. The number of hydrogen-bond acceptors (Lipinski definition) is 5. The van der Waals surface area contributed by atoms with Crippen molar-refractivity contribution in [3.05, 3.63) is 35.9 Å². The molecule has 0 aromatic heterocycles. The second-order valence-corrected chi connectivity index (χ2v) is 7.14. The number of ether oxygens (including phenoxy) is 2. The smallest absolute Gasteiger partial charge is 0.434 e. The minimum Gasteiger partial charge on any atom is -0.466 e. The molecule has 1 aliphatic carbocycles. The van der Waals surface area contributed by atoms with Gasteiger partial charge < -0.3 is 9.47 Å². The summed E-state index contributed by atoms with van der Waals surface area (Å²) < 4.78 is 10.5. The van der Waals surface area contributed by atoms with Crippen LogP contribution in [0.2, 0.25) is 0 Å². The molecule has 1 aliphatic rings. The topological polar surface area (TPSA) is 65.1 Å². The molecule has 6 heteroatoms. The first-order chi connectivity index (χ1) is 11.8. The summed E-state index contributed by atoms with van der Waals surface area (Å²) in [5, 5.41) is 1.27. The lowest BCUT2D eigenvalue weighted by molar-refractivity contribution is -0.203. The van der Waals surface area contributed by atoms with E-state index in [0.29, 0.717) is 19.4 Å². The maximum Gasteiger partial charge on any atom is 0.434 e. The van der Waals surface area contributed by atoms with E-state index in [1.165, 1.54) is 5.06 Å². The Labute approximate surface area is 149 Å². The van der Waals surface area contributed by atoms with E-state index in [0.717, 1.165) is 5.56 Å². The van der Waals surface area contributed by atoms with Gasteiger partial charge in [0.2, 0.25) is 0 Å². The van der Waals surface area contributed by atoms with Gasteiger partial charge in [-0.1, -0.05) is 30.3 Å². The van der Waals surface area contributed by atoms with Crippen LogP contribution in [-0.4, -0.2) is 35.4 Å². The van der Waals surface area contributed by atoms with E-state index in [1.807, 2.05) is 51.1 Å². The van der Waals surface area contributed by atoms with Gasteiger partial charge in [0.1, 0.15) is 12.2 Å². The lowest BCUT2D eigenvalue weighted by Gasteiger charge is -2.40. The fourth-order valence-corrected chi connectivity index (χ4v) is 2.56. The Morgan fingerprint density at radius 3 is 2.36 bits per heavy atom. The quantitative estimate of drug-likeness (QED) is 0.579. The molecule has 6 nitrogen and oxygen atoms in total. The minimum absolute atomic E-state index is 0.185. The Bertz CT molecular complexity index is 575. The van der Waals surface area contributed by atoms with Gasteiger partial charge in [0.05, 0.1) is 18.6 Å². The zero-order valence-corrected chi connectivity index (χ0v) is 15.4. The average molecular weight is 349 g/mol. The summed E-state index contributed by atoms with van der Waals surface area (Å²) in [6, 6.07) is 9.41. The van der Waals surface area contributed by atoms with Gasteiger partial charge in [-0.25, -0.2) is 4.79 Å². The molecular formula is C19H27NO5. The number of esters is 1. The van der Waals surface area contributed by atoms with Crippen molar-refractivity contribution in [1.29, 1.82) is 0 Å². The maximum atomic E-state index is 12.5. The first kappa shape index (κ1) is 19.2. The molecule has 0 saturated heterocycles. The van der Waals surface area contributed by atoms with E-state index in [2.05, 4.69) is 0 Å². The van der Waals surface area contributed by atoms with Gasteiger partial charge in [0.25, 0.3) is 0 Å². The molecule has 0 N–H and O–H groups in total. The van der Waals surface area contributed by atoms with Crippen molar-refractivity contribution in [2.24, 2.45) is 5.92 Å². The summed E-state index contributed by atoms with van der Waals surface area (Å²) in [5.41, 5.74) is 0.341. The van der Waals surface area contributed by atoms with Gasteiger partial charge in [0, 0.05) is 0 Å². The Morgan fingerprint density at radius 1 is 1.16 bits per heavy atom. The zero-order chi connectivity index (χ0) is 18.4. The molecule has 1 fully saturated rings. The highest BCUT2D eigenvalue weighted by Crippen LogP contribution is 2.34. The van der Waals surface area contributed by atoms with Gasteiger partial charge in [-0.3, -0.25) is 9.63 Å². The normalized spacial score (nSPS) is 19.7. The summed E-state index contributed by atoms with van der Waals surface area (Å²) in [6.07, 6.45) is 0.510. The van der Waals surface area contributed by atoms with E-state index in [4.69, 9.17) is 14.3 Å². The van der Waals surface area contributed by atoms with Crippen molar-refractivity contribution in [2.45, 2.75) is 58.8 Å². The second kappa shape index (κ2) is 8.34. The SMILES string of the molecule is CCOC(=O)C1CC(N(OCc2ccccc2)C(=O)OC(C)(C)C)C1. The molecule has 25 heavy (non-hydrogen) atoms. The zero-order valence-electron chi connectivity index (χ0n) is 15.4. The van der Waals surface area contributed by atoms with Crippen molar-refractivity contribution in [2.75, 3.05) is 6.61 Å². The van der Waals surface area contributed by atoms with Crippen molar-refractivity contribution in [3.63, 3.8) is 0 Å². The van der Waals surface area contributed by atoms with Crippen LogP contribution in [-0.2, 0) is 25.7 Å². The Kier molecular flexibility index (Phi) is 6.42. The minimum atomic E-state index is -0.615.